The van der Waals surface area contributed by atoms with Crippen molar-refractivity contribution in [3.63, 3.8) is 0 Å². The summed E-state index contributed by atoms with van der Waals surface area (Å²) in [7, 11) is 0. The van der Waals surface area contributed by atoms with Gasteiger partial charge in [0.2, 0.25) is 0 Å². The van der Waals surface area contributed by atoms with E-state index in [2.05, 4.69) is 11.8 Å². The van der Waals surface area contributed by atoms with E-state index >= 15 is 0 Å². The summed E-state index contributed by atoms with van der Waals surface area (Å²) < 4.78 is 5.00. The molecule has 0 bridgehead atoms. The van der Waals surface area contributed by atoms with Crippen LogP contribution < -0.4 is 10.6 Å². The fourth-order valence-corrected chi connectivity index (χ4v) is 2.79. The van der Waals surface area contributed by atoms with Crippen LogP contribution in [0, 0.1) is 0 Å². The third-order valence-electron chi connectivity index (χ3n) is 3.90. The van der Waals surface area contributed by atoms with E-state index in [0.29, 0.717) is 23.9 Å². The lowest BCUT2D eigenvalue weighted by molar-refractivity contribution is 0.0526. The Morgan fingerprint density at radius 1 is 1.40 bits per heavy atom. The molecule has 1 fully saturated rings. The molecule has 4 nitrogen and oxygen atoms in total. The smallest absolute Gasteiger partial charge is 0.338 e. The summed E-state index contributed by atoms with van der Waals surface area (Å²) in [5, 5.41) is 0. The van der Waals surface area contributed by atoms with Crippen molar-refractivity contribution in [3.8, 4) is 0 Å². The van der Waals surface area contributed by atoms with Crippen molar-refractivity contribution in [1.82, 2.24) is 0 Å². The molecule has 1 unspecified atom stereocenters. The lowest BCUT2D eigenvalue weighted by Crippen LogP contribution is -2.33. The van der Waals surface area contributed by atoms with Crippen LogP contribution in [0.3, 0.4) is 0 Å². The van der Waals surface area contributed by atoms with Gasteiger partial charge in [-0.2, -0.15) is 0 Å². The standard InChI is InChI=1S/C16H24N2O2/c1-3-20-16(19)13-8-9-15(14(17)11-13)18-10-6-4-5-7-12(18)2/h8-9,11-12H,3-7,10,17H2,1-2H3. The molecule has 0 amide bonds. The van der Waals surface area contributed by atoms with Gasteiger partial charge in [-0.1, -0.05) is 12.8 Å². The molecule has 110 valence electrons. The Morgan fingerprint density at radius 2 is 2.20 bits per heavy atom. The minimum Gasteiger partial charge on any atom is -0.462 e. The number of ether oxygens (including phenoxy) is 1. The lowest BCUT2D eigenvalue weighted by atomic mass is 10.1. The Balaban J connectivity index is 2.22. The molecule has 20 heavy (non-hydrogen) atoms. The molecule has 0 saturated carbocycles. The second-order valence-electron chi connectivity index (χ2n) is 5.39. The van der Waals surface area contributed by atoms with Crippen LogP contribution in [0.1, 0.15) is 49.9 Å². The zero-order valence-corrected chi connectivity index (χ0v) is 12.4. The Bertz CT molecular complexity index is 474. The molecule has 0 radical (unpaired) electrons. The predicted molar refractivity (Wildman–Crippen MR) is 82.1 cm³/mol. The number of nitrogens with two attached hydrogens (primary N) is 1. The van der Waals surface area contributed by atoms with Gasteiger partial charge in [0.25, 0.3) is 0 Å². The first-order chi connectivity index (χ1) is 9.63. The Kier molecular flexibility index (Phi) is 4.88. The molecule has 1 saturated heterocycles. The van der Waals surface area contributed by atoms with Gasteiger partial charge in [0.15, 0.2) is 0 Å². The second-order valence-corrected chi connectivity index (χ2v) is 5.39. The third-order valence-corrected chi connectivity index (χ3v) is 3.90. The van der Waals surface area contributed by atoms with E-state index in [1.54, 1.807) is 19.1 Å². The molecule has 1 aliphatic rings. The van der Waals surface area contributed by atoms with Crippen LogP contribution in [0.5, 0.6) is 0 Å². The molecule has 0 aliphatic carbocycles. The van der Waals surface area contributed by atoms with Crippen LogP contribution in [0.2, 0.25) is 0 Å². The molecule has 1 aromatic rings. The van der Waals surface area contributed by atoms with Crippen LogP contribution >= 0.6 is 0 Å². The molecule has 1 aromatic carbocycles. The van der Waals surface area contributed by atoms with Gasteiger partial charge in [-0.25, -0.2) is 4.79 Å². The van der Waals surface area contributed by atoms with E-state index in [4.69, 9.17) is 10.5 Å². The molecule has 2 N–H and O–H groups in total. The van der Waals surface area contributed by atoms with E-state index in [1.807, 2.05) is 6.07 Å². The number of nitrogen functional groups attached to an aromatic ring is 1. The summed E-state index contributed by atoms with van der Waals surface area (Å²) in [4.78, 5) is 14.1. The maximum absolute atomic E-state index is 11.7. The molecule has 1 atom stereocenters. The highest BCUT2D eigenvalue weighted by molar-refractivity contribution is 5.92. The first-order valence-corrected chi connectivity index (χ1v) is 7.46. The summed E-state index contributed by atoms with van der Waals surface area (Å²) in [5.41, 5.74) is 8.37. The number of anilines is 2. The minimum absolute atomic E-state index is 0.310. The first kappa shape index (κ1) is 14.7. The molecule has 1 aliphatic heterocycles. The SMILES string of the molecule is CCOC(=O)c1ccc(N2CCCCCC2C)c(N)c1. The number of benzene rings is 1. The van der Waals surface area contributed by atoms with Crippen LogP contribution in [0.25, 0.3) is 0 Å². The normalized spacial score (nSPS) is 19.5. The van der Waals surface area contributed by atoms with Crippen molar-refractivity contribution in [1.29, 1.82) is 0 Å². The number of hydrogen-bond donors (Lipinski definition) is 1. The largest absolute Gasteiger partial charge is 0.462 e. The van der Waals surface area contributed by atoms with Crippen molar-refractivity contribution in [3.05, 3.63) is 23.8 Å². The molecule has 4 heteroatoms. The van der Waals surface area contributed by atoms with E-state index in [1.165, 1.54) is 25.7 Å². The van der Waals surface area contributed by atoms with Crippen molar-refractivity contribution >= 4 is 17.3 Å². The zero-order chi connectivity index (χ0) is 14.5. The Labute approximate surface area is 120 Å². The fraction of sp³-hybridized carbons (Fsp3) is 0.562. The first-order valence-electron chi connectivity index (χ1n) is 7.46. The average Bonchev–Trinajstić information content (AvgIpc) is 2.64. The number of carbonyl (C=O) groups excluding carboxylic acids is 1. The van der Waals surface area contributed by atoms with Gasteiger partial charge in [-0.05, 0) is 44.9 Å². The highest BCUT2D eigenvalue weighted by Crippen LogP contribution is 2.30. The van der Waals surface area contributed by atoms with Crippen molar-refractivity contribution in [2.45, 2.75) is 45.6 Å². The van der Waals surface area contributed by atoms with Crippen molar-refractivity contribution in [2.24, 2.45) is 0 Å². The topological polar surface area (TPSA) is 55.6 Å². The maximum Gasteiger partial charge on any atom is 0.338 e. The van der Waals surface area contributed by atoms with Gasteiger partial charge >= 0.3 is 5.97 Å². The average molecular weight is 276 g/mol. The number of rotatable bonds is 3. The van der Waals surface area contributed by atoms with E-state index in [0.717, 1.165) is 12.2 Å². The van der Waals surface area contributed by atoms with Gasteiger partial charge in [-0.3, -0.25) is 0 Å². The van der Waals surface area contributed by atoms with Crippen molar-refractivity contribution < 1.29 is 9.53 Å². The molecular formula is C16H24N2O2. The van der Waals surface area contributed by atoms with Gasteiger partial charge in [0.1, 0.15) is 0 Å². The minimum atomic E-state index is -0.310. The molecule has 0 aromatic heterocycles. The Morgan fingerprint density at radius 3 is 2.90 bits per heavy atom. The number of carbonyl (C=O) groups is 1. The van der Waals surface area contributed by atoms with Gasteiger partial charge in [-0.15, -0.1) is 0 Å². The summed E-state index contributed by atoms with van der Waals surface area (Å²) in [6, 6.07) is 5.98. The molecule has 2 rings (SSSR count). The number of hydrogen-bond acceptors (Lipinski definition) is 4. The number of nitrogens with zero attached hydrogens (tertiary/aromatic N) is 1. The maximum atomic E-state index is 11.7. The summed E-state index contributed by atoms with van der Waals surface area (Å²) >= 11 is 0. The van der Waals surface area contributed by atoms with Crippen LogP contribution in [-0.2, 0) is 4.74 Å². The molecular weight excluding hydrogens is 252 g/mol. The van der Waals surface area contributed by atoms with Crippen LogP contribution in [0.4, 0.5) is 11.4 Å². The van der Waals surface area contributed by atoms with E-state index in [-0.39, 0.29) is 5.97 Å². The monoisotopic (exact) mass is 276 g/mol. The predicted octanol–water partition coefficient (Wildman–Crippen LogP) is 3.21. The second kappa shape index (κ2) is 6.64. The van der Waals surface area contributed by atoms with Gasteiger partial charge in [0, 0.05) is 12.6 Å². The van der Waals surface area contributed by atoms with Crippen molar-refractivity contribution in [2.75, 3.05) is 23.8 Å². The highest BCUT2D eigenvalue weighted by atomic mass is 16.5. The van der Waals surface area contributed by atoms with Gasteiger partial charge < -0.3 is 15.4 Å². The van der Waals surface area contributed by atoms with E-state index < -0.39 is 0 Å². The highest BCUT2D eigenvalue weighted by Gasteiger charge is 2.20. The lowest BCUT2D eigenvalue weighted by Gasteiger charge is -2.30. The van der Waals surface area contributed by atoms with Gasteiger partial charge in [0.05, 0.1) is 23.5 Å². The summed E-state index contributed by atoms with van der Waals surface area (Å²) in [5.74, 6) is -0.310. The summed E-state index contributed by atoms with van der Waals surface area (Å²) in [6.45, 7) is 5.45. The third kappa shape index (κ3) is 3.24. The summed E-state index contributed by atoms with van der Waals surface area (Å²) in [6.07, 6.45) is 4.95. The zero-order valence-electron chi connectivity index (χ0n) is 12.4. The number of esters is 1. The molecule has 0 spiro atoms. The van der Waals surface area contributed by atoms with E-state index in [9.17, 15) is 4.79 Å². The fourth-order valence-electron chi connectivity index (χ4n) is 2.79. The quantitative estimate of drug-likeness (QED) is 0.680. The van der Waals surface area contributed by atoms with Crippen LogP contribution in [-0.4, -0.2) is 25.2 Å². The molecule has 1 heterocycles. The van der Waals surface area contributed by atoms with Crippen LogP contribution in [0.15, 0.2) is 18.2 Å². The Hall–Kier alpha value is -1.71.